The van der Waals surface area contributed by atoms with Gasteiger partial charge in [0.25, 0.3) is 0 Å². The first-order valence-corrected chi connectivity index (χ1v) is 8.43. The minimum absolute atomic E-state index is 0.282. The smallest absolute Gasteiger partial charge is 0.360 e. The summed E-state index contributed by atoms with van der Waals surface area (Å²) in [5.41, 5.74) is 0.282. The molecule has 0 aromatic carbocycles. The first-order chi connectivity index (χ1) is 9.25. The largest absolute Gasteiger partial charge is 0.461 e. The summed E-state index contributed by atoms with van der Waals surface area (Å²) in [6.45, 7) is 2.70. The fraction of sp³-hybridized carbons (Fsp3) is 0.769. The van der Waals surface area contributed by atoms with E-state index in [0.717, 1.165) is 24.6 Å². The zero-order chi connectivity index (χ0) is 13.9. The molecule has 108 valence electrons. The summed E-state index contributed by atoms with van der Waals surface area (Å²) >= 11 is 4.17. The van der Waals surface area contributed by atoms with E-state index in [-0.39, 0.29) is 11.7 Å². The predicted octanol–water partition coefficient (Wildman–Crippen LogP) is 4.60. The molecule has 4 nitrogen and oxygen atoms in total. The highest BCUT2D eigenvalue weighted by Crippen LogP contribution is 2.14. The van der Waals surface area contributed by atoms with Gasteiger partial charge in [-0.25, -0.2) is 4.79 Å². The monoisotopic (exact) mass is 348 g/mol. The van der Waals surface area contributed by atoms with Crippen LogP contribution in [0.3, 0.4) is 0 Å². The summed E-state index contributed by atoms with van der Waals surface area (Å²) in [5, 5.41) is 0. The number of nitrogens with zero attached hydrogens (tertiary/aromatic N) is 2. The van der Waals surface area contributed by atoms with Crippen molar-refractivity contribution in [1.29, 1.82) is 0 Å². The van der Waals surface area contributed by atoms with Crippen molar-refractivity contribution >= 4 is 33.6 Å². The molecule has 19 heavy (non-hydrogen) atoms. The summed E-state index contributed by atoms with van der Waals surface area (Å²) in [6.07, 6.45) is 9.86. The van der Waals surface area contributed by atoms with Crippen molar-refractivity contribution in [2.45, 2.75) is 58.3 Å². The minimum Gasteiger partial charge on any atom is -0.461 e. The Balaban J connectivity index is 1.96. The van der Waals surface area contributed by atoms with Crippen LogP contribution in [0.4, 0.5) is 0 Å². The van der Waals surface area contributed by atoms with Crippen LogP contribution >= 0.6 is 27.7 Å². The van der Waals surface area contributed by atoms with Crippen LogP contribution in [0.25, 0.3) is 0 Å². The number of carbonyl (C=O) groups excluding carboxylic acids is 1. The van der Waals surface area contributed by atoms with Crippen LogP contribution in [0.2, 0.25) is 0 Å². The molecule has 0 saturated carbocycles. The highest BCUT2D eigenvalue weighted by molar-refractivity contribution is 9.10. The van der Waals surface area contributed by atoms with Gasteiger partial charge in [0.2, 0.25) is 0 Å². The average molecular weight is 349 g/mol. The van der Waals surface area contributed by atoms with Crippen molar-refractivity contribution in [3.05, 3.63) is 10.3 Å². The van der Waals surface area contributed by atoms with E-state index < -0.39 is 0 Å². The van der Waals surface area contributed by atoms with Crippen LogP contribution in [0.15, 0.2) is 4.60 Å². The van der Waals surface area contributed by atoms with E-state index in [1.165, 1.54) is 38.5 Å². The summed E-state index contributed by atoms with van der Waals surface area (Å²) in [4.78, 5) is 11.6. The van der Waals surface area contributed by atoms with Gasteiger partial charge in [-0.1, -0.05) is 51.9 Å². The van der Waals surface area contributed by atoms with E-state index in [1.54, 1.807) is 0 Å². The Morgan fingerprint density at radius 1 is 1.11 bits per heavy atom. The predicted molar refractivity (Wildman–Crippen MR) is 80.5 cm³/mol. The Kier molecular flexibility index (Phi) is 8.99. The highest BCUT2D eigenvalue weighted by Gasteiger charge is 2.15. The van der Waals surface area contributed by atoms with Crippen LogP contribution < -0.4 is 0 Å². The lowest BCUT2D eigenvalue weighted by Crippen LogP contribution is -2.07. The summed E-state index contributed by atoms with van der Waals surface area (Å²) in [6, 6.07) is 0. The number of aromatic nitrogens is 2. The number of hydrogen-bond donors (Lipinski definition) is 0. The molecule has 0 aliphatic carbocycles. The Bertz CT molecular complexity index is 371. The third kappa shape index (κ3) is 7.01. The van der Waals surface area contributed by atoms with Crippen molar-refractivity contribution in [2.75, 3.05) is 6.61 Å². The SMILES string of the molecule is CCCCCCCCCCOC(=O)c1nsnc1Br. The van der Waals surface area contributed by atoms with Gasteiger partial charge in [-0.05, 0) is 22.4 Å². The Morgan fingerprint density at radius 3 is 2.32 bits per heavy atom. The second-order valence-electron chi connectivity index (χ2n) is 4.51. The Morgan fingerprint density at radius 2 is 1.74 bits per heavy atom. The normalized spacial score (nSPS) is 10.6. The molecule has 0 aliphatic heterocycles. The van der Waals surface area contributed by atoms with E-state index >= 15 is 0 Å². The van der Waals surface area contributed by atoms with Crippen molar-refractivity contribution in [3.8, 4) is 0 Å². The van der Waals surface area contributed by atoms with Gasteiger partial charge in [-0.3, -0.25) is 0 Å². The maximum atomic E-state index is 11.6. The average Bonchev–Trinajstić information content (AvgIpc) is 2.83. The van der Waals surface area contributed by atoms with Gasteiger partial charge in [0, 0.05) is 0 Å². The molecule has 1 heterocycles. The first kappa shape index (κ1) is 16.6. The summed E-state index contributed by atoms with van der Waals surface area (Å²) in [7, 11) is 0. The molecule has 0 N–H and O–H groups in total. The lowest BCUT2D eigenvalue weighted by Gasteiger charge is -2.03. The van der Waals surface area contributed by atoms with Crippen LogP contribution in [-0.4, -0.2) is 21.3 Å². The van der Waals surface area contributed by atoms with Crippen molar-refractivity contribution in [2.24, 2.45) is 0 Å². The third-order valence-electron chi connectivity index (χ3n) is 2.87. The number of halogens is 1. The number of esters is 1. The second-order valence-corrected chi connectivity index (χ2v) is 5.79. The van der Waals surface area contributed by atoms with Gasteiger partial charge >= 0.3 is 5.97 Å². The van der Waals surface area contributed by atoms with Gasteiger partial charge in [0.05, 0.1) is 18.3 Å². The van der Waals surface area contributed by atoms with Gasteiger partial charge < -0.3 is 4.74 Å². The molecular formula is C13H21BrN2O2S. The minimum atomic E-state index is -0.386. The molecule has 6 heteroatoms. The van der Waals surface area contributed by atoms with E-state index in [9.17, 15) is 4.79 Å². The van der Waals surface area contributed by atoms with E-state index in [4.69, 9.17) is 4.74 Å². The zero-order valence-electron chi connectivity index (χ0n) is 11.4. The van der Waals surface area contributed by atoms with Gasteiger partial charge in [-0.2, -0.15) is 8.75 Å². The van der Waals surface area contributed by atoms with Crippen molar-refractivity contribution < 1.29 is 9.53 Å². The third-order valence-corrected chi connectivity index (χ3v) is 4.19. The second kappa shape index (κ2) is 10.3. The fourth-order valence-electron chi connectivity index (χ4n) is 1.77. The van der Waals surface area contributed by atoms with Crippen molar-refractivity contribution in [1.82, 2.24) is 8.75 Å². The molecule has 0 bridgehead atoms. The van der Waals surface area contributed by atoms with E-state index in [2.05, 4.69) is 31.6 Å². The lowest BCUT2D eigenvalue weighted by atomic mass is 10.1. The molecule has 0 radical (unpaired) electrons. The zero-order valence-corrected chi connectivity index (χ0v) is 13.8. The number of ether oxygens (including phenoxy) is 1. The van der Waals surface area contributed by atoms with Crippen LogP contribution in [0, 0.1) is 0 Å². The van der Waals surface area contributed by atoms with Gasteiger partial charge in [0.15, 0.2) is 10.3 Å². The topological polar surface area (TPSA) is 52.1 Å². The standard InChI is InChI=1S/C13H21BrN2O2S/c1-2-3-4-5-6-7-8-9-10-18-13(17)11-12(14)16-19-15-11/h2-10H2,1H3. The molecule has 0 atom stereocenters. The van der Waals surface area contributed by atoms with Crippen LogP contribution in [0.1, 0.15) is 68.8 Å². The van der Waals surface area contributed by atoms with Gasteiger partial charge in [0.1, 0.15) is 0 Å². The molecule has 0 unspecified atom stereocenters. The molecule has 0 aliphatic rings. The van der Waals surface area contributed by atoms with Crippen molar-refractivity contribution in [3.63, 3.8) is 0 Å². The summed E-state index contributed by atoms with van der Waals surface area (Å²) in [5.74, 6) is -0.386. The summed E-state index contributed by atoms with van der Waals surface area (Å²) < 4.78 is 13.4. The van der Waals surface area contributed by atoms with Crippen LogP contribution in [-0.2, 0) is 4.74 Å². The van der Waals surface area contributed by atoms with Gasteiger partial charge in [-0.15, -0.1) is 0 Å². The van der Waals surface area contributed by atoms with Crippen LogP contribution in [0.5, 0.6) is 0 Å². The number of hydrogen-bond acceptors (Lipinski definition) is 5. The first-order valence-electron chi connectivity index (χ1n) is 6.91. The molecule has 1 aromatic heterocycles. The molecule has 1 rings (SSSR count). The lowest BCUT2D eigenvalue weighted by molar-refractivity contribution is 0.0491. The number of rotatable bonds is 10. The Hall–Kier alpha value is -0.490. The maximum Gasteiger partial charge on any atom is 0.360 e. The molecule has 0 spiro atoms. The fourth-order valence-corrected chi connectivity index (χ4v) is 2.77. The molecule has 0 amide bonds. The maximum absolute atomic E-state index is 11.6. The highest BCUT2D eigenvalue weighted by atomic mass is 79.9. The molecule has 0 saturated heterocycles. The number of carbonyl (C=O) groups is 1. The van der Waals surface area contributed by atoms with E-state index in [1.807, 2.05) is 0 Å². The molecular weight excluding hydrogens is 328 g/mol. The number of unbranched alkanes of at least 4 members (excludes halogenated alkanes) is 7. The van der Waals surface area contributed by atoms with E-state index in [0.29, 0.717) is 11.2 Å². The Labute approximate surface area is 127 Å². The molecule has 0 fully saturated rings. The molecule has 1 aromatic rings. The quantitative estimate of drug-likeness (QED) is 0.458.